The minimum Gasteiger partial charge on any atom is -0.346 e. The molecule has 0 spiro atoms. The maximum Gasteiger partial charge on any atom is 0.270 e. The number of fused-ring (bicyclic) bond motifs is 2. The third-order valence-electron chi connectivity index (χ3n) is 4.77. The molecule has 2 heterocycles. The Bertz CT molecular complexity index is 758. The van der Waals surface area contributed by atoms with Gasteiger partial charge in [-0.25, -0.2) is 4.98 Å². The first-order valence-electron chi connectivity index (χ1n) is 8.06. The highest BCUT2D eigenvalue weighted by Crippen LogP contribution is 2.29. The minimum absolute atomic E-state index is 0.0733. The molecule has 0 unspecified atom stereocenters. The molecular weight excluding hydrogens is 288 g/mol. The molecule has 1 amide bonds. The summed E-state index contributed by atoms with van der Waals surface area (Å²) in [5.74, 6) is -0.147. The maximum absolute atomic E-state index is 12.5. The van der Waals surface area contributed by atoms with E-state index in [4.69, 9.17) is 5.73 Å². The molecule has 4 N–H and O–H groups in total. The van der Waals surface area contributed by atoms with Crippen molar-refractivity contribution in [2.75, 3.05) is 6.54 Å². The van der Waals surface area contributed by atoms with E-state index in [0.717, 1.165) is 37.2 Å². The molecule has 4 rings (SSSR count). The van der Waals surface area contributed by atoms with Gasteiger partial charge >= 0.3 is 0 Å². The van der Waals surface area contributed by atoms with E-state index in [2.05, 4.69) is 21.7 Å². The number of rotatable bonds is 2. The van der Waals surface area contributed by atoms with Crippen LogP contribution in [-0.4, -0.2) is 23.5 Å². The number of hydrogen-bond donors (Lipinski definition) is 3. The number of carbonyl (C=O) groups excluding carboxylic acids is 1. The lowest BCUT2D eigenvalue weighted by atomic mass is 10.1. The fraction of sp³-hybridized carbons (Fsp3) is 0.333. The standard InChI is InChI=1S/C18H20N4O/c19-17-13-4-2-1-3-12(13)9-15(17)22-18(23)14-6-5-11-7-8-20-10-16(11)21-14/h1-6,15,17,20H,7-10,19H2,(H,22,23)/t15-,17-/m1/s1. The molecule has 23 heavy (non-hydrogen) atoms. The van der Waals surface area contributed by atoms with E-state index < -0.39 is 0 Å². The summed E-state index contributed by atoms with van der Waals surface area (Å²) < 4.78 is 0. The SMILES string of the molecule is N[C@@H]1c2ccccc2C[C@H]1NC(=O)c1ccc2c(n1)CNCC2. The molecule has 0 fully saturated rings. The predicted octanol–water partition coefficient (Wildman–Crippen LogP) is 1.08. The summed E-state index contributed by atoms with van der Waals surface area (Å²) in [4.78, 5) is 17.0. The van der Waals surface area contributed by atoms with Gasteiger partial charge in [-0.05, 0) is 42.1 Å². The second kappa shape index (κ2) is 5.76. The highest BCUT2D eigenvalue weighted by molar-refractivity contribution is 5.92. The van der Waals surface area contributed by atoms with Crippen molar-refractivity contribution in [3.63, 3.8) is 0 Å². The summed E-state index contributed by atoms with van der Waals surface area (Å²) in [6.45, 7) is 1.69. The lowest BCUT2D eigenvalue weighted by Gasteiger charge is -2.19. The van der Waals surface area contributed by atoms with Crippen molar-refractivity contribution in [2.45, 2.75) is 31.5 Å². The number of amides is 1. The Labute approximate surface area is 135 Å². The monoisotopic (exact) mass is 308 g/mol. The molecule has 5 nitrogen and oxygen atoms in total. The quantitative estimate of drug-likeness (QED) is 0.775. The van der Waals surface area contributed by atoms with Crippen LogP contribution in [0.5, 0.6) is 0 Å². The molecule has 5 heteroatoms. The Morgan fingerprint density at radius 2 is 2.09 bits per heavy atom. The van der Waals surface area contributed by atoms with E-state index in [1.54, 1.807) is 0 Å². The zero-order valence-electron chi connectivity index (χ0n) is 12.9. The molecule has 2 aliphatic rings. The molecule has 0 radical (unpaired) electrons. The van der Waals surface area contributed by atoms with Gasteiger partial charge in [0.1, 0.15) is 5.69 Å². The van der Waals surface area contributed by atoms with Gasteiger partial charge in [0.15, 0.2) is 0 Å². The summed E-state index contributed by atoms with van der Waals surface area (Å²) >= 11 is 0. The number of hydrogen-bond acceptors (Lipinski definition) is 4. The topological polar surface area (TPSA) is 80.0 Å². The van der Waals surface area contributed by atoms with Crippen molar-refractivity contribution >= 4 is 5.91 Å². The van der Waals surface area contributed by atoms with Gasteiger partial charge in [0.2, 0.25) is 0 Å². The molecule has 0 saturated carbocycles. The van der Waals surface area contributed by atoms with Gasteiger partial charge in [0.25, 0.3) is 5.91 Å². The van der Waals surface area contributed by atoms with Crippen LogP contribution in [0.2, 0.25) is 0 Å². The van der Waals surface area contributed by atoms with Gasteiger partial charge in [0, 0.05) is 6.54 Å². The average molecular weight is 308 g/mol. The number of benzene rings is 1. The van der Waals surface area contributed by atoms with Gasteiger partial charge < -0.3 is 16.4 Å². The van der Waals surface area contributed by atoms with Gasteiger partial charge in [-0.2, -0.15) is 0 Å². The average Bonchev–Trinajstić information content (AvgIpc) is 2.91. The Hall–Kier alpha value is -2.24. The number of pyridine rings is 1. The van der Waals surface area contributed by atoms with Crippen LogP contribution in [0.25, 0.3) is 0 Å². The summed E-state index contributed by atoms with van der Waals surface area (Å²) in [5.41, 5.74) is 11.3. The first-order valence-corrected chi connectivity index (χ1v) is 8.06. The fourth-order valence-corrected chi connectivity index (χ4v) is 3.48. The van der Waals surface area contributed by atoms with Crippen molar-refractivity contribution in [2.24, 2.45) is 5.73 Å². The van der Waals surface area contributed by atoms with Crippen LogP contribution >= 0.6 is 0 Å². The fourth-order valence-electron chi connectivity index (χ4n) is 3.48. The van der Waals surface area contributed by atoms with E-state index in [-0.39, 0.29) is 18.0 Å². The lowest BCUT2D eigenvalue weighted by Crippen LogP contribution is -2.41. The molecular formula is C18H20N4O. The summed E-state index contributed by atoms with van der Waals surface area (Å²) in [6, 6.07) is 11.7. The van der Waals surface area contributed by atoms with Crippen LogP contribution in [0.3, 0.4) is 0 Å². The van der Waals surface area contributed by atoms with E-state index >= 15 is 0 Å². The van der Waals surface area contributed by atoms with Crippen LogP contribution in [0.15, 0.2) is 36.4 Å². The Balaban J connectivity index is 1.51. The molecule has 0 bridgehead atoms. The molecule has 2 atom stereocenters. The number of aromatic nitrogens is 1. The van der Waals surface area contributed by atoms with Gasteiger partial charge in [-0.15, -0.1) is 0 Å². The number of nitrogens with two attached hydrogens (primary N) is 1. The second-order valence-electron chi connectivity index (χ2n) is 6.24. The van der Waals surface area contributed by atoms with Gasteiger partial charge in [-0.1, -0.05) is 30.3 Å². The van der Waals surface area contributed by atoms with Crippen molar-refractivity contribution in [3.05, 3.63) is 64.5 Å². The summed E-state index contributed by atoms with van der Waals surface area (Å²) in [5, 5.41) is 6.34. The predicted molar refractivity (Wildman–Crippen MR) is 88.0 cm³/mol. The zero-order chi connectivity index (χ0) is 15.8. The van der Waals surface area contributed by atoms with Crippen molar-refractivity contribution in [3.8, 4) is 0 Å². The van der Waals surface area contributed by atoms with E-state index in [0.29, 0.717) is 5.69 Å². The van der Waals surface area contributed by atoms with E-state index in [1.165, 1.54) is 11.1 Å². The largest absolute Gasteiger partial charge is 0.346 e. The molecule has 0 saturated heterocycles. The number of nitrogens with one attached hydrogen (secondary N) is 2. The second-order valence-corrected chi connectivity index (χ2v) is 6.24. The van der Waals surface area contributed by atoms with Crippen molar-refractivity contribution in [1.29, 1.82) is 0 Å². The third kappa shape index (κ3) is 2.62. The first-order chi connectivity index (χ1) is 11.2. The minimum atomic E-state index is -0.158. The number of nitrogens with zero attached hydrogens (tertiary/aromatic N) is 1. The van der Waals surface area contributed by atoms with Gasteiger partial charge in [-0.3, -0.25) is 4.79 Å². The lowest BCUT2D eigenvalue weighted by molar-refractivity contribution is 0.0928. The highest BCUT2D eigenvalue weighted by atomic mass is 16.1. The maximum atomic E-state index is 12.5. The summed E-state index contributed by atoms with van der Waals surface area (Å²) in [6.07, 6.45) is 1.74. The molecule has 1 aromatic carbocycles. The number of carbonyl (C=O) groups is 1. The van der Waals surface area contributed by atoms with Crippen LogP contribution in [0.1, 0.15) is 38.9 Å². The molecule has 1 aromatic heterocycles. The molecule has 2 aromatic rings. The zero-order valence-corrected chi connectivity index (χ0v) is 12.9. The van der Waals surface area contributed by atoms with Gasteiger partial charge in [0.05, 0.1) is 17.8 Å². The Morgan fingerprint density at radius 1 is 1.22 bits per heavy atom. The summed E-state index contributed by atoms with van der Waals surface area (Å²) in [7, 11) is 0. The first kappa shape index (κ1) is 14.4. The van der Waals surface area contributed by atoms with E-state index in [1.807, 2.05) is 30.3 Å². The van der Waals surface area contributed by atoms with Crippen LogP contribution in [-0.2, 0) is 19.4 Å². The van der Waals surface area contributed by atoms with Crippen LogP contribution < -0.4 is 16.4 Å². The highest BCUT2D eigenvalue weighted by Gasteiger charge is 2.31. The van der Waals surface area contributed by atoms with Crippen LogP contribution in [0.4, 0.5) is 0 Å². The normalized spacial score (nSPS) is 22.3. The molecule has 1 aliphatic heterocycles. The van der Waals surface area contributed by atoms with E-state index in [9.17, 15) is 4.79 Å². The van der Waals surface area contributed by atoms with Crippen molar-refractivity contribution in [1.82, 2.24) is 15.6 Å². The van der Waals surface area contributed by atoms with Crippen molar-refractivity contribution < 1.29 is 4.79 Å². The third-order valence-corrected chi connectivity index (χ3v) is 4.77. The van der Waals surface area contributed by atoms with Crippen LogP contribution in [0, 0.1) is 0 Å². The molecule has 118 valence electrons. The smallest absolute Gasteiger partial charge is 0.270 e. The Morgan fingerprint density at radius 3 is 2.96 bits per heavy atom. The Kier molecular flexibility index (Phi) is 3.59. The molecule has 1 aliphatic carbocycles.